The highest BCUT2D eigenvalue weighted by molar-refractivity contribution is 6.18. The number of pyridine rings is 1. The first-order valence-corrected chi connectivity index (χ1v) is 31.7. The molecule has 0 spiro atoms. The van der Waals surface area contributed by atoms with Gasteiger partial charge in [-0.05, 0) is 165 Å². The van der Waals surface area contributed by atoms with Gasteiger partial charge in [0.25, 0.3) is 0 Å². The fraction of sp³-hybridized carbons (Fsp3) is 0. The largest absolute Gasteiger partial charge is 0.456 e. The van der Waals surface area contributed by atoms with Crippen molar-refractivity contribution in [2.45, 2.75) is 0 Å². The van der Waals surface area contributed by atoms with Crippen LogP contribution in [0.5, 0.6) is 0 Å². The fourth-order valence-electron chi connectivity index (χ4n) is 12.9. The van der Waals surface area contributed by atoms with E-state index in [4.69, 9.17) is 22.7 Å². The monoisotopic (exact) mass is 1220 g/mol. The molecule has 9 heteroatoms. The number of anilines is 6. The number of benzene rings is 14. The first-order chi connectivity index (χ1) is 47.0. The van der Waals surface area contributed by atoms with E-state index in [1.807, 2.05) is 146 Å². The summed E-state index contributed by atoms with van der Waals surface area (Å²) >= 11 is 0. The molecule has 0 aliphatic carbocycles. The van der Waals surface area contributed by atoms with Crippen molar-refractivity contribution < 1.29 is 17.7 Å². The molecule has 0 bridgehead atoms. The smallest absolute Gasteiger partial charge is 0.227 e. The van der Waals surface area contributed by atoms with Gasteiger partial charge in [-0.3, -0.25) is 4.98 Å². The number of oxazole rings is 1. The number of fused-ring (bicyclic) bond motifs is 13. The predicted molar refractivity (Wildman–Crippen MR) is 392 cm³/mol. The summed E-state index contributed by atoms with van der Waals surface area (Å²) in [6, 6.07) is 110. The summed E-state index contributed by atoms with van der Waals surface area (Å²) in [4.78, 5) is 9.25. The van der Waals surface area contributed by atoms with Crippen molar-refractivity contribution in [2.75, 3.05) is 16.0 Å². The Morgan fingerprint density at radius 1 is 0.263 bits per heavy atom. The van der Waals surface area contributed by atoms with E-state index < -0.39 is 0 Å². The highest BCUT2D eigenvalue weighted by Gasteiger charge is 2.20. The second kappa shape index (κ2) is 24.3. The van der Waals surface area contributed by atoms with E-state index in [-0.39, 0.29) is 0 Å². The van der Waals surface area contributed by atoms with Gasteiger partial charge in [0.05, 0.1) is 22.5 Å². The Hall–Kier alpha value is -13.0. The molecule has 19 rings (SSSR count). The molecule has 0 atom stereocenters. The molecule has 3 N–H and O–H groups in total. The number of hydrogen-bond acceptors (Lipinski definition) is 9. The second-order valence-corrected chi connectivity index (χ2v) is 23.4. The van der Waals surface area contributed by atoms with Gasteiger partial charge in [-0.1, -0.05) is 200 Å². The predicted octanol–water partition coefficient (Wildman–Crippen LogP) is 24.5. The van der Waals surface area contributed by atoms with Crippen molar-refractivity contribution >= 4 is 133 Å². The summed E-state index contributed by atoms with van der Waals surface area (Å²) in [5, 5.41) is 22.3. The molecule has 0 saturated carbocycles. The number of nitrogens with zero attached hydrogens (tertiary/aromatic N) is 2. The minimum atomic E-state index is 0.584. The standard InChI is InChI=1S/C32H21NO.C31H20N2O2.C23H16N2O/c1-2-11-23(12-3-1)33-29-19-22(20-31-32(29)27-16-8-9-17-30(27)34-31)28-18-21-10-4-5-13-24(21)25-14-6-7-15-26(25)28;1-2-8-20(9-3-1)21-14-16-23(17-15-21)32-27-19-22(31-33-26-11-5-7-13-29(26)35-31)18-25-24-10-4-6-12-28(24)34-30(25)27;1-2-8-16(9-3-1)25-21-14-18-17-10-4-5-12-22(17)26-23(18)15-19(21)20-11-6-7-13-24-20/h1-20,33H;1-19,32H;1-15,25H. The first kappa shape index (κ1) is 56.0. The third-order valence-electron chi connectivity index (χ3n) is 17.4. The van der Waals surface area contributed by atoms with Crippen LogP contribution in [0.15, 0.2) is 345 Å². The molecule has 0 fully saturated rings. The van der Waals surface area contributed by atoms with Gasteiger partial charge in [0.2, 0.25) is 5.89 Å². The fourth-order valence-corrected chi connectivity index (χ4v) is 12.9. The maximum Gasteiger partial charge on any atom is 0.227 e. The highest BCUT2D eigenvalue weighted by atomic mass is 16.4. The average Bonchev–Trinajstić information content (AvgIpc) is 1.71. The van der Waals surface area contributed by atoms with E-state index in [2.05, 4.69) is 203 Å². The highest BCUT2D eigenvalue weighted by Crippen LogP contribution is 2.44. The van der Waals surface area contributed by atoms with Crippen LogP contribution in [0.2, 0.25) is 0 Å². The molecule has 5 aromatic heterocycles. The van der Waals surface area contributed by atoms with Gasteiger partial charge in [0.1, 0.15) is 33.4 Å². The first-order valence-electron chi connectivity index (χ1n) is 31.7. The summed E-state index contributed by atoms with van der Waals surface area (Å²) < 4.78 is 24.8. The van der Waals surface area contributed by atoms with Crippen LogP contribution in [0.4, 0.5) is 34.1 Å². The summed E-state index contributed by atoms with van der Waals surface area (Å²) in [5.74, 6) is 0.584. The summed E-state index contributed by atoms with van der Waals surface area (Å²) in [7, 11) is 0. The molecular formula is C86H57N5O4. The molecule has 14 aromatic carbocycles. The lowest BCUT2D eigenvalue weighted by molar-refractivity contribution is 0.620. The molecule has 450 valence electrons. The van der Waals surface area contributed by atoms with Crippen LogP contribution in [0.1, 0.15) is 0 Å². The Balaban J connectivity index is 0.000000109. The Kier molecular flexibility index (Phi) is 14.4. The molecule has 0 saturated heterocycles. The van der Waals surface area contributed by atoms with Crippen LogP contribution in [-0.4, -0.2) is 9.97 Å². The molecule has 9 nitrogen and oxygen atoms in total. The van der Waals surface area contributed by atoms with Crippen molar-refractivity contribution in [3.8, 4) is 45.0 Å². The average molecular weight is 1220 g/mol. The zero-order chi connectivity index (χ0) is 63.0. The Morgan fingerprint density at radius 2 is 0.800 bits per heavy atom. The van der Waals surface area contributed by atoms with Gasteiger partial charge in [-0.25, -0.2) is 4.98 Å². The zero-order valence-electron chi connectivity index (χ0n) is 51.2. The quantitative estimate of drug-likeness (QED) is 0.115. The van der Waals surface area contributed by atoms with Crippen LogP contribution in [0, 0.1) is 0 Å². The van der Waals surface area contributed by atoms with E-state index in [0.29, 0.717) is 5.89 Å². The third kappa shape index (κ3) is 10.9. The SMILES string of the molecule is c1ccc(-c2ccc(Nc3cc(-c4nc5ccccc5o4)cc4c3oc3ccccc34)cc2)cc1.c1ccc(Nc2cc(-c3cc4ccccc4c4ccccc34)cc3oc4ccccc4c23)cc1.c1ccc(Nc2cc3c(cc2-c2ccccn2)oc2ccccc23)cc1. The summed E-state index contributed by atoms with van der Waals surface area (Å²) in [6.45, 7) is 0. The number of nitrogens with one attached hydrogen (secondary N) is 3. The number of furan rings is 3. The third-order valence-corrected chi connectivity index (χ3v) is 17.4. The minimum Gasteiger partial charge on any atom is -0.456 e. The van der Waals surface area contributed by atoms with Crippen LogP contribution in [0.25, 0.3) is 143 Å². The summed E-state index contributed by atoms with van der Waals surface area (Å²) in [5.41, 5.74) is 20.3. The van der Waals surface area contributed by atoms with Gasteiger partial charge >= 0.3 is 0 Å². The lowest BCUT2D eigenvalue weighted by atomic mass is 9.92. The Bertz CT molecular complexity index is 5970. The van der Waals surface area contributed by atoms with E-state index in [9.17, 15) is 0 Å². The molecule has 95 heavy (non-hydrogen) atoms. The van der Waals surface area contributed by atoms with E-state index in [1.54, 1.807) is 0 Å². The van der Waals surface area contributed by atoms with E-state index in [1.165, 1.54) is 38.2 Å². The van der Waals surface area contributed by atoms with Gasteiger partial charge in [-0.2, -0.15) is 0 Å². The van der Waals surface area contributed by atoms with Crippen molar-refractivity contribution in [2.24, 2.45) is 0 Å². The molecular weight excluding hydrogens is 1170 g/mol. The van der Waals surface area contributed by atoms with Gasteiger partial charge in [-0.15, -0.1) is 0 Å². The lowest BCUT2D eigenvalue weighted by Gasteiger charge is -2.14. The molecule has 0 amide bonds. The second-order valence-electron chi connectivity index (χ2n) is 23.4. The van der Waals surface area contributed by atoms with Crippen LogP contribution in [0.3, 0.4) is 0 Å². The molecule has 0 aliphatic rings. The Morgan fingerprint density at radius 3 is 1.52 bits per heavy atom. The number of para-hydroxylation sites is 7. The van der Waals surface area contributed by atoms with Gasteiger partial charge in [0.15, 0.2) is 11.2 Å². The Labute approximate surface area is 545 Å². The number of hydrogen-bond donors (Lipinski definition) is 3. The van der Waals surface area contributed by atoms with Crippen LogP contribution >= 0.6 is 0 Å². The molecule has 5 heterocycles. The topological polar surface area (TPSA) is 114 Å². The van der Waals surface area contributed by atoms with Crippen molar-refractivity contribution in [1.29, 1.82) is 0 Å². The van der Waals surface area contributed by atoms with Crippen LogP contribution in [-0.2, 0) is 0 Å². The minimum absolute atomic E-state index is 0.584. The zero-order valence-corrected chi connectivity index (χ0v) is 51.2. The summed E-state index contributed by atoms with van der Waals surface area (Å²) in [6.07, 6.45) is 1.81. The molecule has 0 radical (unpaired) electrons. The van der Waals surface area contributed by atoms with Gasteiger partial charge < -0.3 is 33.6 Å². The number of aromatic nitrogens is 2. The molecule has 0 aliphatic heterocycles. The number of rotatable bonds is 10. The maximum absolute atomic E-state index is 6.35. The van der Waals surface area contributed by atoms with Gasteiger partial charge in [0, 0.05) is 67.0 Å². The van der Waals surface area contributed by atoms with Crippen molar-refractivity contribution in [3.63, 3.8) is 0 Å². The lowest BCUT2D eigenvalue weighted by Crippen LogP contribution is -1.94. The van der Waals surface area contributed by atoms with Crippen molar-refractivity contribution in [3.05, 3.63) is 328 Å². The molecule has 0 unspecified atom stereocenters. The van der Waals surface area contributed by atoms with E-state index in [0.717, 1.165) is 133 Å². The van der Waals surface area contributed by atoms with Crippen molar-refractivity contribution in [1.82, 2.24) is 9.97 Å². The maximum atomic E-state index is 6.35. The normalized spacial score (nSPS) is 11.4. The molecule has 19 aromatic rings. The van der Waals surface area contributed by atoms with E-state index >= 15 is 0 Å². The van der Waals surface area contributed by atoms with Crippen LogP contribution < -0.4 is 16.0 Å².